The number of allylic oxidation sites excluding steroid dienone is 2. The largest absolute Gasteiger partial charge is 0.0843 e. The van der Waals surface area contributed by atoms with Crippen LogP contribution in [0.1, 0.15) is 83.1 Å². The third kappa shape index (κ3) is 4.88. The van der Waals surface area contributed by atoms with E-state index in [9.17, 15) is 0 Å². The van der Waals surface area contributed by atoms with E-state index in [1.165, 1.54) is 81.8 Å². The third-order valence-corrected chi connectivity index (χ3v) is 6.66. The normalized spacial score (nSPS) is 27.8. The monoisotopic (exact) mass is 344 g/mol. The molecule has 1 fully saturated rings. The zero-order chi connectivity index (χ0) is 16.8. The second-order valence-electron chi connectivity index (χ2n) is 8.05. The van der Waals surface area contributed by atoms with Crippen molar-refractivity contribution in [3.8, 4) is 0 Å². The maximum atomic E-state index is 6.15. The first-order valence-electron chi connectivity index (χ1n) is 10.2. The lowest BCUT2D eigenvalue weighted by molar-refractivity contribution is 0.187. The highest BCUT2D eigenvalue weighted by Gasteiger charge is 2.28. The molecular weight excluding hydrogens is 312 g/mol. The van der Waals surface area contributed by atoms with Crippen molar-refractivity contribution in [2.24, 2.45) is 17.8 Å². The molecule has 0 amide bonds. The fourth-order valence-electron chi connectivity index (χ4n) is 4.86. The Kier molecular flexibility index (Phi) is 6.84. The highest BCUT2D eigenvalue weighted by atomic mass is 35.5. The lowest BCUT2D eigenvalue weighted by Gasteiger charge is -2.35. The van der Waals surface area contributed by atoms with E-state index in [0.29, 0.717) is 0 Å². The van der Waals surface area contributed by atoms with Crippen molar-refractivity contribution in [1.82, 2.24) is 0 Å². The van der Waals surface area contributed by atoms with Crippen LogP contribution in [-0.4, -0.2) is 0 Å². The number of halogens is 1. The standard InChI is InChI=1S/C23H33Cl/c1-2-3-4-6-18-9-11-19(12-10-18)20-13-15-21(16-14-20)22-7-5-8-23(24)17-22/h5,7-8,15,17-20H,2-4,6,9-14,16H2,1H3. The van der Waals surface area contributed by atoms with Gasteiger partial charge < -0.3 is 0 Å². The lowest BCUT2D eigenvalue weighted by Crippen LogP contribution is -2.23. The number of hydrogen-bond acceptors (Lipinski definition) is 0. The van der Waals surface area contributed by atoms with Crippen LogP contribution in [-0.2, 0) is 0 Å². The van der Waals surface area contributed by atoms with E-state index in [1.54, 1.807) is 0 Å². The van der Waals surface area contributed by atoms with E-state index < -0.39 is 0 Å². The van der Waals surface area contributed by atoms with Crippen LogP contribution in [0.15, 0.2) is 30.3 Å². The minimum absolute atomic E-state index is 0.858. The molecule has 1 heteroatoms. The van der Waals surface area contributed by atoms with Gasteiger partial charge in [-0.15, -0.1) is 0 Å². The molecule has 0 heterocycles. The number of rotatable bonds is 6. The van der Waals surface area contributed by atoms with Gasteiger partial charge in [0.2, 0.25) is 0 Å². The number of benzene rings is 1. The molecule has 1 unspecified atom stereocenters. The topological polar surface area (TPSA) is 0 Å². The van der Waals surface area contributed by atoms with Crippen LogP contribution < -0.4 is 0 Å². The first kappa shape index (κ1) is 18.1. The van der Waals surface area contributed by atoms with Crippen LogP contribution in [0.2, 0.25) is 5.02 Å². The maximum Gasteiger partial charge on any atom is 0.0412 e. The Morgan fingerprint density at radius 3 is 2.50 bits per heavy atom. The molecule has 0 nitrogen and oxygen atoms in total. The van der Waals surface area contributed by atoms with Crippen molar-refractivity contribution in [1.29, 1.82) is 0 Å². The first-order chi connectivity index (χ1) is 11.8. The summed E-state index contributed by atoms with van der Waals surface area (Å²) in [4.78, 5) is 0. The average Bonchev–Trinajstić information content (AvgIpc) is 2.63. The molecule has 0 bridgehead atoms. The van der Waals surface area contributed by atoms with Gasteiger partial charge in [-0.1, -0.05) is 75.3 Å². The zero-order valence-electron chi connectivity index (χ0n) is 15.3. The second-order valence-corrected chi connectivity index (χ2v) is 8.49. The van der Waals surface area contributed by atoms with Crippen molar-refractivity contribution >= 4 is 17.2 Å². The summed E-state index contributed by atoms with van der Waals surface area (Å²) in [6, 6.07) is 8.37. The van der Waals surface area contributed by atoms with Gasteiger partial charge >= 0.3 is 0 Å². The molecule has 2 aliphatic rings. The highest BCUT2D eigenvalue weighted by molar-refractivity contribution is 6.30. The van der Waals surface area contributed by atoms with Gasteiger partial charge in [-0.2, -0.15) is 0 Å². The summed E-state index contributed by atoms with van der Waals surface area (Å²) in [7, 11) is 0. The Balaban J connectivity index is 1.47. The molecule has 1 atom stereocenters. The fraction of sp³-hybridized carbons (Fsp3) is 0.652. The SMILES string of the molecule is CCCCCC1CCC(C2CC=C(c3cccc(Cl)c3)CC2)CC1. The van der Waals surface area contributed by atoms with Gasteiger partial charge in [-0.05, 0) is 73.1 Å². The summed E-state index contributed by atoms with van der Waals surface area (Å²) in [6.45, 7) is 2.31. The Labute approximate surface area is 153 Å². The molecule has 132 valence electrons. The summed E-state index contributed by atoms with van der Waals surface area (Å²) in [5.74, 6) is 2.96. The third-order valence-electron chi connectivity index (χ3n) is 6.42. The van der Waals surface area contributed by atoms with Crippen molar-refractivity contribution in [3.05, 3.63) is 40.9 Å². The summed E-state index contributed by atoms with van der Waals surface area (Å²) >= 11 is 6.15. The fourth-order valence-corrected chi connectivity index (χ4v) is 5.05. The van der Waals surface area contributed by atoms with Gasteiger partial charge in [0.15, 0.2) is 0 Å². The zero-order valence-corrected chi connectivity index (χ0v) is 16.0. The van der Waals surface area contributed by atoms with Crippen LogP contribution in [0, 0.1) is 17.8 Å². The molecule has 3 rings (SSSR count). The van der Waals surface area contributed by atoms with Gasteiger partial charge in [0.05, 0.1) is 0 Å². The molecule has 0 N–H and O–H groups in total. The molecule has 0 aromatic heterocycles. The van der Waals surface area contributed by atoms with Crippen LogP contribution in [0.3, 0.4) is 0 Å². The van der Waals surface area contributed by atoms with Crippen molar-refractivity contribution in [2.45, 2.75) is 77.6 Å². The van der Waals surface area contributed by atoms with Crippen LogP contribution in [0.5, 0.6) is 0 Å². The van der Waals surface area contributed by atoms with Crippen LogP contribution in [0.25, 0.3) is 5.57 Å². The molecule has 24 heavy (non-hydrogen) atoms. The van der Waals surface area contributed by atoms with Crippen molar-refractivity contribution in [3.63, 3.8) is 0 Å². The van der Waals surface area contributed by atoms with Gasteiger partial charge in [0.1, 0.15) is 0 Å². The van der Waals surface area contributed by atoms with Crippen LogP contribution >= 0.6 is 11.6 Å². The van der Waals surface area contributed by atoms with Crippen LogP contribution in [0.4, 0.5) is 0 Å². The molecule has 2 aliphatic carbocycles. The van der Waals surface area contributed by atoms with Gasteiger partial charge in [0.25, 0.3) is 0 Å². The summed E-state index contributed by atoms with van der Waals surface area (Å²) < 4.78 is 0. The second kappa shape index (κ2) is 9.09. The van der Waals surface area contributed by atoms with E-state index >= 15 is 0 Å². The van der Waals surface area contributed by atoms with E-state index in [-0.39, 0.29) is 0 Å². The average molecular weight is 345 g/mol. The quantitative estimate of drug-likeness (QED) is 0.460. The van der Waals surface area contributed by atoms with E-state index in [4.69, 9.17) is 11.6 Å². The van der Waals surface area contributed by atoms with E-state index in [1.807, 2.05) is 6.07 Å². The van der Waals surface area contributed by atoms with E-state index in [2.05, 4.69) is 31.2 Å². The molecular formula is C23H33Cl. The molecule has 1 aromatic rings. The first-order valence-corrected chi connectivity index (χ1v) is 10.6. The lowest BCUT2D eigenvalue weighted by atomic mass is 9.70. The number of unbranched alkanes of at least 4 members (excludes halogenated alkanes) is 2. The summed E-state index contributed by atoms with van der Waals surface area (Å²) in [5, 5.41) is 0.858. The van der Waals surface area contributed by atoms with Crippen molar-refractivity contribution < 1.29 is 0 Å². The molecule has 0 aliphatic heterocycles. The van der Waals surface area contributed by atoms with Crippen molar-refractivity contribution in [2.75, 3.05) is 0 Å². The number of hydrogen-bond donors (Lipinski definition) is 0. The Morgan fingerprint density at radius 1 is 1.00 bits per heavy atom. The predicted molar refractivity (Wildman–Crippen MR) is 106 cm³/mol. The predicted octanol–water partition coefficient (Wildman–Crippen LogP) is 7.91. The van der Waals surface area contributed by atoms with Gasteiger partial charge in [0, 0.05) is 5.02 Å². The highest BCUT2D eigenvalue weighted by Crippen LogP contribution is 2.42. The molecule has 1 saturated carbocycles. The summed E-state index contributed by atoms with van der Waals surface area (Å²) in [6.07, 6.45) is 18.1. The summed E-state index contributed by atoms with van der Waals surface area (Å²) in [5.41, 5.74) is 2.85. The molecule has 0 saturated heterocycles. The van der Waals surface area contributed by atoms with Gasteiger partial charge in [-0.25, -0.2) is 0 Å². The minimum atomic E-state index is 0.858. The maximum absolute atomic E-state index is 6.15. The van der Waals surface area contributed by atoms with E-state index in [0.717, 1.165) is 22.8 Å². The Bertz CT molecular complexity index is 537. The molecule has 0 spiro atoms. The Morgan fingerprint density at radius 2 is 1.83 bits per heavy atom. The van der Waals surface area contributed by atoms with Gasteiger partial charge in [-0.3, -0.25) is 0 Å². The molecule has 1 aromatic carbocycles. The molecule has 0 radical (unpaired) electrons. The Hall–Kier alpha value is -0.750. The minimum Gasteiger partial charge on any atom is -0.0843 e. The smallest absolute Gasteiger partial charge is 0.0412 e.